The average molecular weight is 230 g/mol. The van der Waals surface area contributed by atoms with Gasteiger partial charge in [0, 0.05) is 16.9 Å². The minimum absolute atomic E-state index is 0.154. The van der Waals surface area contributed by atoms with E-state index >= 15 is 0 Å². The van der Waals surface area contributed by atoms with Gasteiger partial charge in [-0.05, 0) is 26.0 Å². The Bertz CT molecular complexity index is 451. The summed E-state index contributed by atoms with van der Waals surface area (Å²) in [6, 6.07) is 13.4. The summed E-state index contributed by atoms with van der Waals surface area (Å²) in [5.41, 5.74) is 0. The van der Waals surface area contributed by atoms with Gasteiger partial charge in [-0.1, -0.05) is 18.2 Å². The van der Waals surface area contributed by atoms with E-state index in [2.05, 4.69) is 0 Å². The van der Waals surface area contributed by atoms with E-state index in [1.807, 2.05) is 68.7 Å². The van der Waals surface area contributed by atoms with Gasteiger partial charge >= 0.3 is 0 Å². The third-order valence-corrected chi connectivity index (χ3v) is 2.08. The molecule has 0 saturated heterocycles. The quantitative estimate of drug-likeness (QED) is 0.753. The molecule has 0 aliphatic heterocycles. The lowest BCUT2D eigenvalue weighted by Crippen LogP contribution is -2.45. The number of benzene rings is 1. The maximum absolute atomic E-state index is 5.67. The van der Waals surface area contributed by atoms with Crippen LogP contribution < -0.4 is 14.3 Å². The molecule has 1 aromatic heterocycles. The zero-order chi connectivity index (χ0) is 12.1. The summed E-state index contributed by atoms with van der Waals surface area (Å²) in [4.78, 5) is 5.48. The minimum Gasteiger partial charge on any atom is -0.457 e. The Balaban J connectivity index is 2.03. The molecule has 3 heteroatoms. The predicted molar refractivity (Wildman–Crippen MR) is 64.9 cm³/mol. The van der Waals surface area contributed by atoms with Gasteiger partial charge in [-0.2, -0.15) is 0 Å². The first-order valence-corrected chi connectivity index (χ1v) is 5.65. The number of ether oxygens (including phenoxy) is 1. The molecular weight excluding hydrogens is 214 g/mol. The van der Waals surface area contributed by atoms with Crippen LogP contribution in [0.4, 0.5) is 0 Å². The highest BCUT2D eigenvalue weighted by Gasteiger charge is 2.05. The summed E-state index contributed by atoms with van der Waals surface area (Å²) >= 11 is 0. The molecule has 17 heavy (non-hydrogen) atoms. The lowest BCUT2D eigenvalue weighted by Gasteiger charge is -2.04. The average Bonchev–Trinajstić information content (AvgIpc) is 2.32. The van der Waals surface area contributed by atoms with Crippen LogP contribution in [0.25, 0.3) is 0 Å². The van der Waals surface area contributed by atoms with Gasteiger partial charge in [0.05, 0.1) is 0 Å². The summed E-state index contributed by atoms with van der Waals surface area (Å²) < 4.78 is 7.34. The highest BCUT2D eigenvalue weighted by atomic mass is 16.7. The van der Waals surface area contributed by atoms with Gasteiger partial charge in [0.25, 0.3) is 0 Å². The van der Waals surface area contributed by atoms with Gasteiger partial charge < -0.3 is 4.74 Å². The summed E-state index contributed by atoms with van der Waals surface area (Å²) in [7, 11) is 0. The topological polar surface area (TPSA) is 22.3 Å². The van der Waals surface area contributed by atoms with Crippen molar-refractivity contribution in [3.63, 3.8) is 0 Å². The van der Waals surface area contributed by atoms with Crippen molar-refractivity contribution >= 4 is 0 Å². The maximum Gasteiger partial charge on any atom is 0.226 e. The second-order valence-corrected chi connectivity index (χ2v) is 3.96. The molecule has 0 radical (unpaired) electrons. The smallest absolute Gasteiger partial charge is 0.226 e. The Morgan fingerprint density at radius 2 is 1.47 bits per heavy atom. The highest BCUT2D eigenvalue weighted by molar-refractivity contribution is 5.28. The van der Waals surface area contributed by atoms with Crippen LogP contribution in [-0.2, 0) is 0 Å². The van der Waals surface area contributed by atoms with E-state index < -0.39 is 0 Å². The van der Waals surface area contributed by atoms with Gasteiger partial charge in [-0.3, -0.25) is 4.84 Å². The lowest BCUT2D eigenvalue weighted by molar-refractivity contribution is -0.897. The van der Waals surface area contributed by atoms with E-state index in [9.17, 15) is 0 Å². The molecule has 0 amide bonds. The van der Waals surface area contributed by atoms with Gasteiger partial charge in [-0.15, -0.1) is 0 Å². The Hall–Kier alpha value is -2.03. The fourth-order valence-corrected chi connectivity index (χ4v) is 1.41. The van der Waals surface area contributed by atoms with E-state index in [0.29, 0.717) is 0 Å². The van der Waals surface area contributed by atoms with E-state index in [0.717, 1.165) is 11.5 Å². The molecule has 2 rings (SSSR count). The number of hydrogen-bond acceptors (Lipinski definition) is 2. The molecule has 3 nitrogen and oxygen atoms in total. The predicted octanol–water partition coefficient (Wildman–Crippen LogP) is 2.60. The summed E-state index contributed by atoms with van der Waals surface area (Å²) in [5, 5.41) is 0. The SMILES string of the molecule is CC(C)O[n+]1ccc(Oc2ccccc2)cc1. The van der Waals surface area contributed by atoms with Crippen LogP contribution in [0.3, 0.4) is 0 Å². The first-order valence-electron chi connectivity index (χ1n) is 5.65. The van der Waals surface area contributed by atoms with Crippen molar-refractivity contribution in [3.8, 4) is 11.5 Å². The molecule has 0 unspecified atom stereocenters. The molecule has 2 aromatic rings. The monoisotopic (exact) mass is 230 g/mol. The molecule has 1 aromatic carbocycles. The summed E-state index contributed by atoms with van der Waals surface area (Å²) in [5.74, 6) is 1.62. The molecule has 1 heterocycles. The second-order valence-electron chi connectivity index (χ2n) is 3.96. The van der Waals surface area contributed by atoms with Crippen LogP contribution in [0.5, 0.6) is 11.5 Å². The van der Waals surface area contributed by atoms with Crippen molar-refractivity contribution in [1.29, 1.82) is 0 Å². The number of hydrogen-bond donors (Lipinski definition) is 0. The molecule has 0 spiro atoms. The first-order chi connectivity index (χ1) is 8.24. The molecule has 0 bridgehead atoms. The van der Waals surface area contributed by atoms with Crippen LogP contribution in [0.15, 0.2) is 54.9 Å². The molecule has 0 atom stereocenters. The van der Waals surface area contributed by atoms with Crippen molar-refractivity contribution in [2.45, 2.75) is 20.0 Å². The number of pyridine rings is 1. The van der Waals surface area contributed by atoms with Gasteiger partial charge in [0.2, 0.25) is 12.4 Å². The lowest BCUT2D eigenvalue weighted by atomic mass is 10.3. The van der Waals surface area contributed by atoms with Crippen molar-refractivity contribution in [1.82, 2.24) is 0 Å². The third kappa shape index (κ3) is 3.48. The Labute approximate surface area is 101 Å². The van der Waals surface area contributed by atoms with E-state index in [1.54, 1.807) is 4.73 Å². The summed E-state index contributed by atoms with van der Waals surface area (Å²) in [6.07, 6.45) is 3.82. The number of nitrogens with zero attached hydrogens (tertiary/aromatic N) is 1. The van der Waals surface area contributed by atoms with Crippen LogP contribution in [0, 0.1) is 0 Å². The van der Waals surface area contributed by atoms with Gasteiger partial charge in [-0.25, -0.2) is 0 Å². The highest BCUT2D eigenvalue weighted by Crippen LogP contribution is 2.18. The first kappa shape index (κ1) is 11.5. The minimum atomic E-state index is 0.154. The van der Waals surface area contributed by atoms with Crippen molar-refractivity contribution in [2.75, 3.05) is 0 Å². The van der Waals surface area contributed by atoms with Crippen molar-refractivity contribution < 1.29 is 14.3 Å². The third-order valence-electron chi connectivity index (χ3n) is 2.08. The maximum atomic E-state index is 5.67. The number of para-hydroxylation sites is 1. The molecule has 0 aliphatic rings. The van der Waals surface area contributed by atoms with Crippen LogP contribution in [0.1, 0.15) is 13.8 Å². The normalized spacial score (nSPS) is 10.3. The molecule has 88 valence electrons. The Morgan fingerprint density at radius 1 is 0.882 bits per heavy atom. The number of rotatable bonds is 4. The molecule has 0 N–H and O–H groups in total. The fourth-order valence-electron chi connectivity index (χ4n) is 1.41. The van der Waals surface area contributed by atoms with Crippen molar-refractivity contribution in [2.24, 2.45) is 0 Å². The van der Waals surface area contributed by atoms with Gasteiger partial charge in [0.15, 0.2) is 6.10 Å². The van der Waals surface area contributed by atoms with Crippen LogP contribution in [0.2, 0.25) is 0 Å². The molecule has 0 fully saturated rings. The van der Waals surface area contributed by atoms with E-state index in [4.69, 9.17) is 9.57 Å². The zero-order valence-electron chi connectivity index (χ0n) is 10.0. The van der Waals surface area contributed by atoms with E-state index in [-0.39, 0.29) is 6.10 Å². The molecule has 0 saturated carbocycles. The van der Waals surface area contributed by atoms with E-state index in [1.165, 1.54) is 0 Å². The van der Waals surface area contributed by atoms with Crippen LogP contribution in [-0.4, -0.2) is 6.10 Å². The Morgan fingerprint density at radius 3 is 2.06 bits per heavy atom. The number of aromatic nitrogens is 1. The fraction of sp³-hybridized carbons (Fsp3) is 0.214. The zero-order valence-corrected chi connectivity index (χ0v) is 10.0. The van der Waals surface area contributed by atoms with Crippen LogP contribution >= 0.6 is 0 Å². The summed E-state index contributed by atoms with van der Waals surface area (Å²) in [6.45, 7) is 3.97. The van der Waals surface area contributed by atoms with Crippen molar-refractivity contribution in [3.05, 3.63) is 54.9 Å². The largest absolute Gasteiger partial charge is 0.457 e. The van der Waals surface area contributed by atoms with Gasteiger partial charge in [0.1, 0.15) is 11.5 Å². The standard InChI is InChI=1S/C14H16NO2/c1-12(2)17-15-10-8-14(9-11-15)16-13-6-4-3-5-7-13/h3-12H,1-2H3/q+1. The molecule has 0 aliphatic carbocycles. The molecular formula is C14H16NO2+. The Kier molecular flexibility index (Phi) is 3.60. The second kappa shape index (κ2) is 5.34.